The van der Waals surface area contributed by atoms with Gasteiger partial charge in [0.05, 0.1) is 11.0 Å². The Morgan fingerprint density at radius 1 is 1.26 bits per heavy atom. The van der Waals surface area contributed by atoms with E-state index in [9.17, 15) is 4.79 Å². The van der Waals surface area contributed by atoms with E-state index >= 15 is 0 Å². The Morgan fingerprint density at radius 3 is 2.79 bits per heavy atom. The van der Waals surface area contributed by atoms with E-state index in [0.29, 0.717) is 5.56 Å². The van der Waals surface area contributed by atoms with Crippen LogP contribution >= 0.6 is 0 Å². The Labute approximate surface area is 109 Å². The van der Waals surface area contributed by atoms with Gasteiger partial charge in [-0.05, 0) is 30.3 Å². The minimum atomic E-state index is -0.442. The molecule has 5 nitrogen and oxygen atoms in total. The molecule has 94 valence electrons. The minimum absolute atomic E-state index is 0.442. The number of rotatable bonds is 2. The number of aromatic nitrogens is 3. The molecule has 0 aliphatic carbocycles. The third-order valence-corrected chi connectivity index (χ3v) is 3.06. The zero-order valence-electron chi connectivity index (χ0n) is 10.4. The number of carbonyl (C=O) groups excluding carboxylic acids is 1. The molecule has 0 saturated carbocycles. The van der Waals surface area contributed by atoms with Crippen LogP contribution in [0, 0.1) is 0 Å². The Morgan fingerprint density at radius 2 is 2.11 bits per heavy atom. The van der Waals surface area contributed by atoms with Crippen LogP contribution in [0.2, 0.25) is 0 Å². The van der Waals surface area contributed by atoms with Gasteiger partial charge < -0.3 is 10.3 Å². The number of fused-ring (bicyclic) bond motifs is 1. The van der Waals surface area contributed by atoms with Crippen LogP contribution in [-0.2, 0) is 7.05 Å². The number of aryl methyl sites for hydroxylation is 1. The van der Waals surface area contributed by atoms with E-state index in [4.69, 9.17) is 5.73 Å². The van der Waals surface area contributed by atoms with E-state index in [-0.39, 0.29) is 0 Å². The van der Waals surface area contributed by atoms with Gasteiger partial charge in [-0.2, -0.15) is 0 Å². The summed E-state index contributed by atoms with van der Waals surface area (Å²) >= 11 is 0. The molecule has 0 fully saturated rings. The Hall–Kier alpha value is -2.69. The first-order valence-electron chi connectivity index (χ1n) is 5.84. The van der Waals surface area contributed by atoms with E-state index in [1.54, 1.807) is 24.4 Å². The predicted molar refractivity (Wildman–Crippen MR) is 72.5 cm³/mol. The second-order valence-electron chi connectivity index (χ2n) is 4.28. The maximum Gasteiger partial charge on any atom is 0.248 e. The molecule has 2 aromatic heterocycles. The van der Waals surface area contributed by atoms with Crippen LogP contribution in [0.5, 0.6) is 0 Å². The van der Waals surface area contributed by atoms with Crippen molar-refractivity contribution in [2.24, 2.45) is 12.8 Å². The topological polar surface area (TPSA) is 73.8 Å². The first-order valence-corrected chi connectivity index (χ1v) is 5.84. The average Bonchev–Trinajstić information content (AvgIpc) is 2.77. The summed E-state index contributed by atoms with van der Waals surface area (Å²) in [5.41, 5.74) is 8.23. The number of imidazole rings is 1. The monoisotopic (exact) mass is 252 g/mol. The highest BCUT2D eigenvalue weighted by Crippen LogP contribution is 2.22. The number of nitrogens with zero attached hydrogens (tertiary/aromatic N) is 3. The first kappa shape index (κ1) is 11.4. The van der Waals surface area contributed by atoms with Gasteiger partial charge in [0.1, 0.15) is 5.69 Å². The van der Waals surface area contributed by atoms with Gasteiger partial charge in [0, 0.05) is 18.8 Å². The van der Waals surface area contributed by atoms with Crippen LogP contribution < -0.4 is 5.73 Å². The number of hydrogen-bond acceptors (Lipinski definition) is 3. The van der Waals surface area contributed by atoms with Crippen LogP contribution in [0.4, 0.5) is 0 Å². The SMILES string of the molecule is Cn1c(-c2ccccn2)nc2ccc(C(N)=O)cc21. The zero-order valence-corrected chi connectivity index (χ0v) is 10.4. The number of carbonyl (C=O) groups is 1. The summed E-state index contributed by atoms with van der Waals surface area (Å²) in [5, 5.41) is 0. The fourth-order valence-electron chi connectivity index (χ4n) is 2.07. The van der Waals surface area contributed by atoms with E-state index in [1.807, 2.05) is 29.8 Å². The molecule has 1 amide bonds. The van der Waals surface area contributed by atoms with Gasteiger partial charge in [-0.15, -0.1) is 0 Å². The molecule has 2 N–H and O–H groups in total. The lowest BCUT2D eigenvalue weighted by molar-refractivity contribution is 0.100. The molecule has 0 atom stereocenters. The van der Waals surface area contributed by atoms with Crippen molar-refractivity contribution in [2.45, 2.75) is 0 Å². The molecule has 0 radical (unpaired) electrons. The highest BCUT2D eigenvalue weighted by molar-refractivity contribution is 5.96. The number of amides is 1. The number of pyridine rings is 1. The van der Waals surface area contributed by atoms with Gasteiger partial charge in [0.25, 0.3) is 0 Å². The van der Waals surface area contributed by atoms with Crippen LogP contribution in [0.25, 0.3) is 22.6 Å². The van der Waals surface area contributed by atoms with Crippen molar-refractivity contribution < 1.29 is 4.79 Å². The van der Waals surface area contributed by atoms with Gasteiger partial charge in [0.2, 0.25) is 5.91 Å². The molecule has 19 heavy (non-hydrogen) atoms. The maximum atomic E-state index is 11.2. The van der Waals surface area contributed by atoms with Crippen molar-refractivity contribution in [1.82, 2.24) is 14.5 Å². The van der Waals surface area contributed by atoms with E-state index in [2.05, 4.69) is 9.97 Å². The Kier molecular flexibility index (Phi) is 2.52. The number of hydrogen-bond donors (Lipinski definition) is 1. The van der Waals surface area contributed by atoms with Crippen molar-refractivity contribution in [3.63, 3.8) is 0 Å². The standard InChI is InChI=1S/C14H12N4O/c1-18-12-8-9(13(15)19)5-6-10(12)17-14(18)11-4-2-3-7-16-11/h2-8H,1H3,(H2,15,19). The molecule has 0 bridgehead atoms. The molecule has 3 aromatic rings. The summed E-state index contributed by atoms with van der Waals surface area (Å²) in [6.45, 7) is 0. The number of nitrogens with two attached hydrogens (primary N) is 1. The fraction of sp³-hybridized carbons (Fsp3) is 0.0714. The molecule has 5 heteroatoms. The van der Waals surface area contributed by atoms with Crippen LogP contribution in [0.15, 0.2) is 42.6 Å². The number of primary amides is 1. The number of benzene rings is 1. The highest BCUT2D eigenvalue weighted by Gasteiger charge is 2.12. The lowest BCUT2D eigenvalue weighted by Crippen LogP contribution is -2.10. The molecular formula is C14H12N4O. The van der Waals surface area contributed by atoms with E-state index in [0.717, 1.165) is 22.6 Å². The zero-order chi connectivity index (χ0) is 13.4. The summed E-state index contributed by atoms with van der Waals surface area (Å²) in [5.74, 6) is 0.319. The molecule has 3 rings (SSSR count). The van der Waals surface area contributed by atoms with Gasteiger partial charge in [-0.25, -0.2) is 4.98 Å². The molecule has 0 aliphatic rings. The fourth-order valence-corrected chi connectivity index (χ4v) is 2.07. The third kappa shape index (κ3) is 1.85. The largest absolute Gasteiger partial charge is 0.366 e. The minimum Gasteiger partial charge on any atom is -0.366 e. The van der Waals surface area contributed by atoms with Gasteiger partial charge >= 0.3 is 0 Å². The van der Waals surface area contributed by atoms with Crippen molar-refractivity contribution in [2.75, 3.05) is 0 Å². The van der Waals surface area contributed by atoms with E-state index in [1.165, 1.54) is 0 Å². The molecular weight excluding hydrogens is 240 g/mol. The molecule has 0 spiro atoms. The maximum absolute atomic E-state index is 11.2. The van der Waals surface area contributed by atoms with Crippen molar-refractivity contribution >= 4 is 16.9 Å². The van der Waals surface area contributed by atoms with E-state index < -0.39 is 5.91 Å². The summed E-state index contributed by atoms with van der Waals surface area (Å²) in [7, 11) is 1.89. The Bertz CT molecular complexity index is 762. The summed E-state index contributed by atoms with van der Waals surface area (Å²) in [6.07, 6.45) is 1.73. The normalized spacial score (nSPS) is 10.8. The Balaban J connectivity index is 2.24. The molecule has 0 saturated heterocycles. The second-order valence-corrected chi connectivity index (χ2v) is 4.28. The summed E-state index contributed by atoms with van der Waals surface area (Å²) in [4.78, 5) is 20.0. The molecule has 1 aromatic carbocycles. The molecule has 2 heterocycles. The quantitative estimate of drug-likeness (QED) is 0.754. The predicted octanol–water partition coefficient (Wildman–Crippen LogP) is 1.73. The first-order chi connectivity index (χ1) is 9.16. The third-order valence-electron chi connectivity index (χ3n) is 3.06. The van der Waals surface area contributed by atoms with Crippen molar-refractivity contribution in [1.29, 1.82) is 0 Å². The summed E-state index contributed by atoms with van der Waals surface area (Å²) in [6, 6.07) is 10.9. The smallest absolute Gasteiger partial charge is 0.248 e. The van der Waals surface area contributed by atoms with Crippen LogP contribution in [0.1, 0.15) is 10.4 Å². The van der Waals surface area contributed by atoms with Crippen molar-refractivity contribution in [3.05, 3.63) is 48.2 Å². The van der Waals surface area contributed by atoms with Gasteiger partial charge in [0.15, 0.2) is 5.82 Å². The van der Waals surface area contributed by atoms with Crippen LogP contribution in [-0.4, -0.2) is 20.4 Å². The lowest BCUT2D eigenvalue weighted by atomic mass is 10.2. The highest BCUT2D eigenvalue weighted by atomic mass is 16.1. The average molecular weight is 252 g/mol. The second kappa shape index (κ2) is 4.20. The van der Waals surface area contributed by atoms with Gasteiger partial charge in [-0.1, -0.05) is 6.07 Å². The lowest BCUT2D eigenvalue weighted by Gasteiger charge is -2.01. The molecule has 0 aliphatic heterocycles. The molecule has 0 unspecified atom stereocenters. The van der Waals surface area contributed by atoms with Crippen molar-refractivity contribution in [3.8, 4) is 11.5 Å². The summed E-state index contributed by atoms with van der Waals surface area (Å²) < 4.78 is 1.91. The van der Waals surface area contributed by atoms with Crippen LogP contribution in [0.3, 0.4) is 0 Å². The van der Waals surface area contributed by atoms with Gasteiger partial charge in [-0.3, -0.25) is 9.78 Å².